The van der Waals surface area contributed by atoms with Crippen molar-refractivity contribution in [1.29, 1.82) is 0 Å². The van der Waals surface area contributed by atoms with Crippen LogP contribution in [-0.4, -0.2) is 37.1 Å². The number of nitrogens with one attached hydrogen (secondary N) is 1. The highest BCUT2D eigenvalue weighted by Gasteiger charge is 2.08. The molecule has 0 amide bonds. The normalized spacial score (nSPS) is 16.2. The van der Waals surface area contributed by atoms with Crippen molar-refractivity contribution in [2.24, 2.45) is 0 Å². The highest BCUT2D eigenvalue weighted by molar-refractivity contribution is 4.68. The molecule has 0 spiro atoms. The zero-order valence-corrected chi connectivity index (χ0v) is 9.93. The molecule has 2 atom stereocenters. The van der Waals surface area contributed by atoms with Gasteiger partial charge >= 0.3 is 0 Å². The number of nitrogens with zero attached hydrogens (tertiary/aromatic N) is 1. The van der Waals surface area contributed by atoms with Crippen LogP contribution < -0.4 is 5.32 Å². The van der Waals surface area contributed by atoms with Crippen molar-refractivity contribution in [1.82, 2.24) is 10.2 Å². The maximum absolute atomic E-state index is 3.53. The molecule has 0 aromatic heterocycles. The molecule has 2 heteroatoms. The van der Waals surface area contributed by atoms with Crippen LogP contribution in [0.2, 0.25) is 0 Å². The van der Waals surface area contributed by atoms with Crippen molar-refractivity contribution < 1.29 is 0 Å². The molecule has 0 aliphatic heterocycles. The molecule has 0 aliphatic carbocycles. The second-order valence-electron chi connectivity index (χ2n) is 4.05. The summed E-state index contributed by atoms with van der Waals surface area (Å²) in [5, 5.41) is 3.53. The largest absolute Gasteiger partial charge is 0.313 e. The second-order valence-corrected chi connectivity index (χ2v) is 4.05. The zero-order valence-electron chi connectivity index (χ0n) is 9.93. The minimum absolute atomic E-state index is 0.647. The molecule has 0 bridgehead atoms. The van der Waals surface area contributed by atoms with Crippen LogP contribution in [0.25, 0.3) is 0 Å². The van der Waals surface area contributed by atoms with Crippen LogP contribution in [-0.2, 0) is 0 Å². The monoisotopic (exact) mass is 186 g/mol. The van der Waals surface area contributed by atoms with Gasteiger partial charge < -0.3 is 10.2 Å². The van der Waals surface area contributed by atoms with E-state index in [0.717, 1.165) is 6.54 Å². The third-order valence-electron chi connectivity index (χ3n) is 2.70. The van der Waals surface area contributed by atoms with Crippen molar-refractivity contribution in [3.05, 3.63) is 0 Å². The zero-order chi connectivity index (χ0) is 10.3. The lowest BCUT2D eigenvalue weighted by atomic mass is 10.2. The summed E-state index contributed by atoms with van der Waals surface area (Å²) >= 11 is 0. The Balaban J connectivity index is 3.54. The molecule has 0 saturated carbocycles. The minimum Gasteiger partial charge on any atom is -0.313 e. The van der Waals surface area contributed by atoms with Gasteiger partial charge in [-0.25, -0.2) is 0 Å². The van der Waals surface area contributed by atoms with Gasteiger partial charge in [-0.2, -0.15) is 0 Å². The molecule has 2 unspecified atom stereocenters. The fourth-order valence-electron chi connectivity index (χ4n) is 1.25. The van der Waals surface area contributed by atoms with Crippen LogP contribution in [0.5, 0.6) is 0 Å². The van der Waals surface area contributed by atoms with Crippen molar-refractivity contribution >= 4 is 0 Å². The van der Waals surface area contributed by atoms with E-state index in [1.54, 1.807) is 0 Å². The van der Waals surface area contributed by atoms with Gasteiger partial charge in [-0.3, -0.25) is 0 Å². The van der Waals surface area contributed by atoms with Crippen LogP contribution in [0, 0.1) is 0 Å². The van der Waals surface area contributed by atoms with Crippen LogP contribution in [0.1, 0.15) is 40.5 Å². The summed E-state index contributed by atoms with van der Waals surface area (Å²) in [4.78, 5) is 2.41. The van der Waals surface area contributed by atoms with Gasteiger partial charge in [0.25, 0.3) is 0 Å². The van der Waals surface area contributed by atoms with E-state index in [9.17, 15) is 0 Å². The van der Waals surface area contributed by atoms with Crippen LogP contribution >= 0.6 is 0 Å². The predicted octanol–water partition coefficient (Wildman–Crippen LogP) is 2.10. The predicted molar refractivity (Wildman–Crippen MR) is 60.1 cm³/mol. The van der Waals surface area contributed by atoms with E-state index >= 15 is 0 Å². The standard InChI is InChI=1S/C11H26N2/c1-6-8-13(5)11(4)9-12-10(3)7-2/h10-12H,6-9H2,1-5H3. The van der Waals surface area contributed by atoms with E-state index in [4.69, 9.17) is 0 Å². The fourth-order valence-corrected chi connectivity index (χ4v) is 1.25. The number of rotatable bonds is 7. The molecular weight excluding hydrogens is 160 g/mol. The van der Waals surface area contributed by atoms with E-state index in [1.165, 1.54) is 19.4 Å². The third-order valence-corrected chi connectivity index (χ3v) is 2.70. The van der Waals surface area contributed by atoms with Crippen molar-refractivity contribution in [2.75, 3.05) is 20.1 Å². The molecule has 0 fully saturated rings. The van der Waals surface area contributed by atoms with Crippen LogP contribution in [0.3, 0.4) is 0 Å². The highest BCUT2D eigenvalue weighted by atomic mass is 15.1. The Kier molecular flexibility index (Phi) is 7.29. The lowest BCUT2D eigenvalue weighted by Gasteiger charge is -2.25. The molecular formula is C11H26N2. The molecule has 1 N–H and O–H groups in total. The summed E-state index contributed by atoms with van der Waals surface area (Å²) < 4.78 is 0. The van der Waals surface area contributed by atoms with E-state index in [-0.39, 0.29) is 0 Å². The van der Waals surface area contributed by atoms with Gasteiger partial charge in [0.15, 0.2) is 0 Å². The Morgan fingerprint density at radius 3 is 2.31 bits per heavy atom. The van der Waals surface area contributed by atoms with Gasteiger partial charge in [-0.1, -0.05) is 13.8 Å². The third kappa shape index (κ3) is 6.05. The van der Waals surface area contributed by atoms with Gasteiger partial charge in [0, 0.05) is 18.6 Å². The first-order chi connectivity index (χ1) is 6.11. The maximum Gasteiger partial charge on any atom is 0.0189 e. The van der Waals surface area contributed by atoms with E-state index in [1.807, 2.05) is 0 Å². The molecule has 0 rings (SSSR count). The molecule has 0 radical (unpaired) electrons. The highest BCUT2D eigenvalue weighted by Crippen LogP contribution is 1.96. The fraction of sp³-hybridized carbons (Fsp3) is 1.00. The maximum atomic E-state index is 3.53. The summed E-state index contributed by atoms with van der Waals surface area (Å²) in [5.41, 5.74) is 0. The van der Waals surface area contributed by atoms with Gasteiger partial charge in [-0.15, -0.1) is 0 Å². The average Bonchev–Trinajstić information content (AvgIpc) is 2.13. The summed E-state index contributed by atoms with van der Waals surface area (Å²) in [5.74, 6) is 0. The number of hydrogen-bond acceptors (Lipinski definition) is 2. The Labute approximate surface area is 83.7 Å². The lowest BCUT2D eigenvalue weighted by molar-refractivity contribution is 0.246. The molecule has 0 saturated heterocycles. The van der Waals surface area contributed by atoms with E-state index < -0.39 is 0 Å². The molecule has 13 heavy (non-hydrogen) atoms. The number of hydrogen-bond donors (Lipinski definition) is 1. The molecule has 80 valence electrons. The van der Waals surface area contributed by atoms with Crippen LogP contribution in [0.15, 0.2) is 0 Å². The van der Waals surface area contributed by atoms with Gasteiger partial charge in [0.2, 0.25) is 0 Å². The van der Waals surface area contributed by atoms with Crippen molar-refractivity contribution in [3.8, 4) is 0 Å². The first kappa shape index (κ1) is 12.9. The summed E-state index contributed by atoms with van der Waals surface area (Å²) in [7, 11) is 2.20. The van der Waals surface area contributed by atoms with Crippen molar-refractivity contribution in [3.63, 3.8) is 0 Å². The molecule has 2 nitrogen and oxygen atoms in total. The Morgan fingerprint density at radius 1 is 1.23 bits per heavy atom. The van der Waals surface area contributed by atoms with Crippen molar-refractivity contribution in [2.45, 2.75) is 52.6 Å². The number of likely N-dealkylation sites (N-methyl/N-ethyl adjacent to an activating group) is 1. The second kappa shape index (κ2) is 7.34. The smallest absolute Gasteiger partial charge is 0.0189 e. The topological polar surface area (TPSA) is 15.3 Å². The Bertz CT molecular complexity index is 115. The SMILES string of the molecule is CCCN(C)C(C)CNC(C)CC. The quantitative estimate of drug-likeness (QED) is 0.655. The lowest BCUT2D eigenvalue weighted by Crippen LogP contribution is -2.41. The van der Waals surface area contributed by atoms with E-state index in [0.29, 0.717) is 12.1 Å². The minimum atomic E-state index is 0.647. The summed E-state index contributed by atoms with van der Waals surface area (Å²) in [6.07, 6.45) is 2.45. The first-order valence-electron chi connectivity index (χ1n) is 5.55. The molecule has 0 aromatic rings. The summed E-state index contributed by atoms with van der Waals surface area (Å²) in [6.45, 7) is 11.3. The van der Waals surface area contributed by atoms with Gasteiger partial charge in [-0.05, 0) is 40.3 Å². The van der Waals surface area contributed by atoms with Gasteiger partial charge in [0.1, 0.15) is 0 Å². The first-order valence-corrected chi connectivity index (χ1v) is 5.55. The Hall–Kier alpha value is -0.0800. The van der Waals surface area contributed by atoms with Gasteiger partial charge in [0.05, 0.1) is 0 Å². The molecule has 0 aliphatic rings. The Morgan fingerprint density at radius 2 is 1.85 bits per heavy atom. The van der Waals surface area contributed by atoms with Crippen LogP contribution in [0.4, 0.5) is 0 Å². The molecule has 0 heterocycles. The average molecular weight is 186 g/mol. The van der Waals surface area contributed by atoms with E-state index in [2.05, 4.69) is 45.0 Å². The summed E-state index contributed by atoms with van der Waals surface area (Å²) in [6, 6.07) is 1.30. The molecule has 0 aromatic carbocycles.